The van der Waals surface area contributed by atoms with Crippen LogP contribution in [0.2, 0.25) is 19.6 Å². The Balaban J connectivity index is 2.09. The Hall–Kier alpha value is -1.11. The van der Waals surface area contributed by atoms with Crippen molar-refractivity contribution in [3.05, 3.63) is 29.6 Å². The number of hydrogen-bond donors (Lipinski definition) is 0. The number of nitrogens with zero attached hydrogens (tertiary/aromatic N) is 1. The number of hydrogen-bond acceptors (Lipinski definition) is 2. The van der Waals surface area contributed by atoms with E-state index in [4.69, 9.17) is 4.74 Å². The van der Waals surface area contributed by atoms with Gasteiger partial charge in [-0.3, -0.25) is 0 Å². The smallest absolute Gasteiger partial charge is 0.129 e. The quantitative estimate of drug-likeness (QED) is 0.561. The first-order valence-corrected chi connectivity index (χ1v) is 9.61. The molecule has 90 valence electrons. The molecule has 1 fully saturated rings. The van der Waals surface area contributed by atoms with Crippen LogP contribution in [0.15, 0.2) is 18.3 Å². The molecule has 0 N–H and O–H groups in total. The molecule has 2 rings (SSSR count). The summed E-state index contributed by atoms with van der Waals surface area (Å²) >= 11 is 0. The van der Waals surface area contributed by atoms with Gasteiger partial charge in [0.25, 0.3) is 0 Å². The van der Waals surface area contributed by atoms with Gasteiger partial charge < -0.3 is 4.74 Å². The first-order chi connectivity index (χ1) is 8.04. The second kappa shape index (κ2) is 5.03. The van der Waals surface area contributed by atoms with E-state index in [0.717, 1.165) is 25.3 Å². The molecule has 3 heteroatoms. The molecule has 1 saturated heterocycles. The lowest BCUT2D eigenvalue weighted by Gasteiger charge is -2.07. The summed E-state index contributed by atoms with van der Waals surface area (Å²) in [6.45, 7) is 8.43. The average Bonchev–Trinajstić information content (AvgIpc) is 2.79. The predicted molar refractivity (Wildman–Crippen MR) is 72.6 cm³/mol. The fourth-order valence-electron chi connectivity index (χ4n) is 1.77. The van der Waals surface area contributed by atoms with Crippen LogP contribution in [0.1, 0.15) is 23.6 Å². The van der Waals surface area contributed by atoms with Gasteiger partial charge in [0, 0.05) is 18.7 Å². The third kappa shape index (κ3) is 3.69. The van der Waals surface area contributed by atoms with Crippen LogP contribution in [-0.2, 0) is 4.74 Å². The molecule has 0 radical (unpaired) electrons. The van der Waals surface area contributed by atoms with Crippen molar-refractivity contribution >= 4 is 8.07 Å². The molecule has 0 aliphatic carbocycles. The number of ether oxygens (including phenoxy) is 1. The van der Waals surface area contributed by atoms with Crippen molar-refractivity contribution in [3.8, 4) is 11.5 Å². The Morgan fingerprint density at radius 2 is 2.18 bits per heavy atom. The molecule has 1 aliphatic rings. The van der Waals surface area contributed by atoms with Crippen LogP contribution in [0.25, 0.3) is 0 Å². The van der Waals surface area contributed by atoms with Gasteiger partial charge >= 0.3 is 0 Å². The molecule has 1 aliphatic heterocycles. The van der Waals surface area contributed by atoms with Crippen LogP contribution in [0.5, 0.6) is 0 Å². The van der Waals surface area contributed by atoms with Crippen molar-refractivity contribution in [1.29, 1.82) is 0 Å². The first-order valence-electron chi connectivity index (χ1n) is 6.11. The Morgan fingerprint density at radius 1 is 1.35 bits per heavy atom. The summed E-state index contributed by atoms with van der Waals surface area (Å²) in [4.78, 5) is 4.42. The van der Waals surface area contributed by atoms with E-state index in [1.165, 1.54) is 5.56 Å². The van der Waals surface area contributed by atoms with Gasteiger partial charge in [-0.25, -0.2) is 4.98 Å². The lowest BCUT2D eigenvalue weighted by atomic mass is 10.0. The third-order valence-corrected chi connectivity index (χ3v) is 3.63. The summed E-state index contributed by atoms with van der Waals surface area (Å²) in [6, 6.07) is 4.17. The molecule has 0 saturated carbocycles. The van der Waals surface area contributed by atoms with E-state index in [0.29, 0.717) is 5.92 Å². The molecule has 0 bridgehead atoms. The van der Waals surface area contributed by atoms with Crippen molar-refractivity contribution in [2.24, 2.45) is 0 Å². The van der Waals surface area contributed by atoms with Gasteiger partial charge in [0.1, 0.15) is 13.8 Å². The van der Waals surface area contributed by atoms with Crippen molar-refractivity contribution in [3.63, 3.8) is 0 Å². The summed E-state index contributed by atoms with van der Waals surface area (Å²) in [6.07, 6.45) is 3.06. The van der Waals surface area contributed by atoms with Crippen molar-refractivity contribution in [2.45, 2.75) is 32.0 Å². The van der Waals surface area contributed by atoms with Gasteiger partial charge in [0.05, 0.1) is 6.61 Å². The molecule has 0 spiro atoms. The predicted octanol–water partition coefficient (Wildman–Crippen LogP) is 2.81. The maximum atomic E-state index is 5.38. The summed E-state index contributed by atoms with van der Waals surface area (Å²) in [5.74, 6) is 3.70. The van der Waals surface area contributed by atoms with Crippen molar-refractivity contribution in [2.75, 3.05) is 13.2 Å². The second-order valence-corrected chi connectivity index (χ2v) is 10.3. The summed E-state index contributed by atoms with van der Waals surface area (Å²) in [7, 11) is -1.30. The molecule has 0 amide bonds. The van der Waals surface area contributed by atoms with Crippen LogP contribution in [0.4, 0.5) is 0 Å². The van der Waals surface area contributed by atoms with E-state index in [-0.39, 0.29) is 0 Å². The largest absolute Gasteiger partial charge is 0.381 e. The molecule has 1 unspecified atom stereocenters. The summed E-state index contributed by atoms with van der Waals surface area (Å²) in [5, 5.41) is 0. The van der Waals surface area contributed by atoms with E-state index in [9.17, 15) is 0 Å². The third-order valence-electron chi connectivity index (χ3n) is 2.75. The fourth-order valence-corrected chi connectivity index (χ4v) is 2.27. The SMILES string of the molecule is C[Si](C)(C)C#Cc1ccc(C2CCOC2)cn1. The minimum Gasteiger partial charge on any atom is -0.381 e. The maximum absolute atomic E-state index is 5.38. The molecular formula is C14H19NOSi. The Morgan fingerprint density at radius 3 is 2.71 bits per heavy atom. The van der Waals surface area contributed by atoms with Gasteiger partial charge in [-0.2, -0.15) is 0 Å². The first kappa shape index (κ1) is 12.3. The highest BCUT2D eigenvalue weighted by atomic mass is 28.3. The Kier molecular flexibility index (Phi) is 3.65. The van der Waals surface area contributed by atoms with E-state index in [2.05, 4.69) is 42.2 Å². The van der Waals surface area contributed by atoms with Crippen LogP contribution in [0, 0.1) is 11.5 Å². The standard InChI is InChI=1S/C14H19NOSi/c1-17(2,3)9-7-14-5-4-12(10-15-14)13-6-8-16-11-13/h4-5,10,13H,6,8,11H2,1-3H3. The van der Waals surface area contributed by atoms with Crippen molar-refractivity contribution in [1.82, 2.24) is 4.98 Å². The topological polar surface area (TPSA) is 22.1 Å². The molecular weight excluding hydrogens is 226 g/mol. The molecule has 2 nitrogen and oxygen atoms in total. The molecule has 17 heavy (non-hydrogen) atoms. The van der Waals surface area contributed by atoms with Crippen molar-refractivity contribution < 1.29 is 4.74 Å². The zero-order valence-corrected chi connectivity index (χ0v) is 11.8. The number of aromatic nitrogens is 1. The van der Waals surface area contributed by atoms with E-state index in [1.54, 1.807) is 0 Å². The monoisotopic (exact) mass is 245 g/mol. The fraction of sp³-hybridized carbons (Fsp3) is 0.500. The van der Waals surface area contributed by atoms with Gasteiger partial charge in [0.15, 0.2) is 0 Å². The van der Waals surface area contributed by atoms with Crippen LogP contribution in [-0.4, -0.2) is 26.3 Å². The normalized spacial score (nSPS) is 19.8. The van der Waals surface area contributed by atoms with E-state index in [1.807, 2.05) is 12.3 Å². The minimum absolute atomic E-state index is 0.529. The van der Waals surface area contributed by atoms with Crippen LogP contribution >= 0.6 is 0 Å². The minimum atomic E-state index is -1.30. The van der Waals surface area contributed by atoms with E-state index < -0.39 is 8.07 Å². The molecule has 1 atom stereocenters. The number of rotatable bonds is 1. The van der Waals surface area contributed by atoms with Gasteiger partial charge in [-0.15, -0.1) is 5.54 Å². The van der Waals surface area contributed by atoms with Gasteiger partial charge in [-0.05, 0) is 18.1 Å². The lowest BCUT2D eigenvalue weighted by molar-refractivity contribution is 0.194. The molecule has 1 aromatic heterocycles. The highest BCUT2D eigenvalue weighted by molar-refractivity contribution is 6.83. The summed E-state index contributed by atoms with van der Waals surface area (Å²) in [5.41, 5.74) is 5.49. The van der Waals surface area contributed by atoms with Gasteiger partial charge in [-0.1, -0.05) is 31.6 Å². The zero-order valence-electron chi connectivity index (χ0n) is 10.8. The molecule has 1 aromatic rings. The maximum Gasteiger partial charge on any atom is 0.129 e. The van der Waals surface area contributed by atoms with E-state index >= 15 is 0 Å². The summed E-state index contributed by atoms with van der Waals surface area (Å²) < 4.78 is 5.38. The molecule has 2 heterocycles. The Labute approximate surface area is 104 Å². The highest BCUT2D eigenvalue weighted by Gasteiger charge is 2.17. The zero-order chi connectivity index (χ0) is 12.3. The van der Waals surface area contributed by atoms with Crippen LogP contribution in [0.3, 0.4) is 0 Å². The molecule has 0 aromatic carbocycles. The van der Waals surface area contributed by atoms with Crippen LogP contribution < -0.4 is 0 Å². The van der Waals surface area contributed by atoms with Gasteiger partial charge in [0.2, 0.25) is 0 Å². The second-order valence-electron chi connectivity index (χ2n) is 5.54. The Bertz CT molecular complexity index is 430. The lowest BCUT2D eigenvalue weighted by Crippen LogP contribution is -2.16. The highest BCUT2D eigenvalue weighted by Crippen LogP contribution is 2.24. The average molecular weight is 245 g/mol. The number of pyridine rings is 1.